The Bertz CT molecular complexity index is 328. The lowest BCUT2D eigenvalue weighted by molar-refractivity contribution is 0.603. The molecular weight excluding hydrogens is 220 g/mol. The summed E-state index contributed by atoms with van der Waals surface area (Å²) in [5, 5.41) is 0. The average molecular weight is 244 g/mol. The molecule has 0 spiro atoms. The largest absolute Gasteiger partial charge is 0.229 e. The van der Waals surface area contributed by atoms with Crippen LogP contribution in [0.1, 0.15) is 33.3 Å². The highest BCUT2D eigenvalue weighted by atomic mass is 32.2. The van der Waals surface area contributed by atoms with Gasteiger partial charge in [0.1, 0.15) is 9.84 Å². The van der Waals surface area contributed by atoms with E-state index in [4.69, 9.17) is 0 Å². The summed E-state index contributed by atoms with van der Waals surface area (Å²) in [5.41, 5.74) is 1.41. The van der Waals surface area contributed by atoms with Crippen LogP contribution in [0.2, 0.25) is 0 Å². The normalized spacial score (nSPS) is 9.31. The van der Waals surface area contributed by atoms with E-state index in [1.54, 1.807) is 6.92 Å². The Kier molecular flexibility index (Phi) is 11.7. The predicted molar refractivity (Wildman–Crippen MR) is 72.6 cm³/mol. The molecule has 1 aromatic carbocycles. The van der Waals surface area contributed by atoms with Gasteiger partial charge in [0.05, 0.1) is 0 Å². The van der Waals surface area contributed by atoms with Gasteiger partial charge >= 0.3 is 0 Å². The van der Waals surface area contributed by atoms with Gasteiger partial charge in [0.15, 0.2) is 0 Å². The van der Waals surface area contributed by atoms with Gasteiger partial charge in [0.25, 0.3) is 0 Å². The summed E-state index contributed by atoms with van der Waals surface area (Å²) >= 11 is 0. The maximum Gasteiger partial charge on any atom is 0.147 e. The van der Waals surface area contributed by atoms with Crippen molar-refractivity contribution >= 4 is 9.84 Å². The minimum atomic E-state index is -2.66. The Labute approximate surface area is 101 Å². The molecule has 16 heavy (non-hydrogen) atoms. The number of hydrogen-bond acceptors (Lipinski definition) is 2. The summed E-state index contributed by atoms with van der Waals surface area (Å²) < 4.78 is 20.0. The first-order valence-corrected chi connectivity index (χ1v) is 7.77. The molecule has 0 aliphatic carbocycles. The molecule has 0 aliphatic rings. The van der Waals surface area contributed by atoms with Crippen LogP contribution in [0.3, 0.4) is 0 Å². The molecule has 0 unspecified atom stereocenters. The van der Waals surface area contributed by atoms with Crippen molar-refractivity contribution in [3.05, 3.63) is 35.9 Å². The molecule has 0 heterocycles. The van der Waals surface area contributed by atoms with E-state index in [-0.39, 0.29) is 5.75 Å². The van der Waals surface area contributed by atoms with Gasteiger partial charge in [-0.25, -0.2) is 8.42 Å². The maximum atomic E-state index is 10.0. The molecule has 0 fully saturated rings. The van der Waals surface area contributed by atoms with Crippen molar-refractivity contribution in [2.45, 2.75) is 34.1 Å². The summed E-state index contributed by atoms with van der Waals surface area (Å²) in [6, 6.07) is 10.5. The molecule has 0 radical (unpaired) electrons. The van der Waals surface area contributed by atoms with Crippen LogP contribution < -0.4 is 0 Å². The number of benzene rings is 1. The van der Waals surface area contributed by atoms with E-state index in [0.717, 1.165) is 6.42 Å². The zero-order valence-electron chi connectivity index (χ0n) is 11.0. The van der Waals surface area contributed by atoms with Crippen LogP contribution in [0.25, 0.3) is 0 Å². The molecule has 0 bridgehead atoms. The van der Waals surface area contributed by atoms with E-state index in [1.165, 1.54) is 11.8 Å². The summed E-state index contributed by atoms with van der Waals surface area (Å²) in [7, 11) is -2.66. The summed E-state index contributed by atoms with van der Waals surface area (Å²) in [6.07, 6.45) is 2.36. The Morgan fingerprint density at radius 2 is 1.38 bits per heavy atom. The highest BCUT2D eigenvalue weighted by molar-refractivity contribution is 7.90. The van der Waals surface area contributed by atoms with Crippen molar-refractivity contribution in [3.63, 3.8) is 0 Å². The molecule has 3 heteroatoms. The van der Waals surface area contributed by atoms with Crippen LogP contribution in [0.5, 0.6) is 0 Å². The quantitative estimate of drug-likeness (QED) is 0.799. The van der Waals surface area contributed by atoms with Crippen LogP contribution in [-0.4, -0.2) is 20.4 Å². The fraction of sp³-hybridized carbons (Fsp3) is 0.538. The molecule has 0 saturated heterocycles. The summed E-state index contributed by atoms with van der Waals surface area (Å²) in [6.45, 7) is 7.78. The van der Waals surface area contributed by atoms with Crippen LogP contribution in [0.15, 0.2) is 30.3 Å². The average Bonchev–Trinajstić information content (AvgIpc) is 2.32. The summed E-state index contributed by atoms with van der Waals surface area (Å²) in [5.74, 6) is 0.243. The number of sulfone groups is 1. The van der Waals surface area contributed by atoms with Crippen molar-refractivity contribution in [1.29, 1.82) is 0 Å². The van der Waals surface area contributed by atoms with E-state index in [1.807, 2.05) is 19.9 Å². The highest BCUT2D eigenvalue weighted by Crippen LogP contribution is 1.96. The third-order valence-corrected chi connectivity index (χ3v) is 2.82. The molecule has 94 valence electrons. The fourth-order valence-electron chi connectivity index (χ4n) is 0.714. The molecule has 0 N–H and O–H groups in total. The Hall–Kier alpha value is -0.830. The van der Waals surface area contributed by atoms with Gasteiger partial charge in [-0.05, 0) is 12.0 Å². The molecular formula is C13H24O2S. The molecule has 0 aromatic heterocycles. The van der Waals surface area contributed by atoms with Crippen molar-refractivity contribution in [2.24, 2.45) is 0 Å². The molecule has 0 saturated carbocycles. The second-order valence-electron chi connectivity index (χ2n) is 3.05. The minimum Gasteiger partial charge on any atom is -0.229 e. The lowest BCUT2D eigenvalue weighted by Crippen LogP contribution is -1.96. The lowest BCUT2D eigenvalue weighted by atomic mass is 10.2. The predicted octanol–water partition coefficient (Wildman–Crippen LogP) is 3.33. The second kappa shape index (κ2) is 10.7. The van der Waals surface area contributed by atoms with Crippen molar-refractivity contribution in [1.82, 2.24) is 0 Å². The fourth-order valence-corrected chi connectivity index (χ4v) is 0.714. The van der Waals surface area contributed by atoms with Gasteiger partial charge in [-0.15, -0.1) is 0 Å². The molecule has 0 amide bonds. The zero-order valence-corrected chi connectivity index (χ0v) is 11.8. The molecule has 0 aliphatic heterocycles. The first-order chi connectivity index (χ1) is 7.49. The third kappa shape index (κ3) is 13.2. The van der Waals surface area contributed by atoms with Gasteiger partial charge in [-0.2, -0.15) is 0 Å². The topological polar surface area (TPSA) is 34.1 Å². The van der Waals surface area contributed by atoms with Gasteiger partial charge in [0.2, 0.25) is 0 Å². The van der Waals surface area contributed by atoms with Crippen LogP contribution >= 0.6 is 0 Å². The van der Waals surface area contributed by atoms with Crippen LogP contribution in [0.4, 0.5) is 0 Å². The Balaban J connectivity index is 0. The minimum absolute atomic E-state index is 0.243. The van der Waals surface area contributed by atoms with E-state index < -0.39 is 9.84 Å². The van der Waals surface area contributed by atoms with E-state index in [9.17, 15) is 8.42 Å². The molecule has 2 nitrogen and oxygen atoms in total. The Morgan fingerprint density at radius 1 is 1.00 bits per heavy atom. The number of hydrogen-bond donors (Lipinski definition) is 0. The first-order valence-electron chi connectivity index (χ1n) is 5.71. The SMILES string of the molecule is CC.CCS(C)(=O)=O.CCc1ccccc1. The lowest BCUT2D eigenvalue weighted by Gasteiger charge is -1.89. The van der Waals surface area contributed by atoms with Crippen molar-refractivity contribution in [2.75, 3.05) is 12.0 Å². The van der Waals surface area contributed by atoms with Gasteiger partial charge in [-0.1, -0.05) is 58.0 Å². The monoisotopic (exact) mass is 244 g/mol. The highest BCUT2D eigenvalue weighted by Gasteiger charge is 1.90. The Morgan fingerprint density at radius 3 is 1.56 bits per heavy atom. The van der Waals surface area contributed by atoms with Crippen molar-refractivity contribution in [3.8, 4) is 0 Å². The van der Waals surface area contributed by atoms with E-state index in [2.05, 4.69) is 31.2 Å². The number of aryl methyl sites for hydroxylation is 1. The first kappa shape index (κ1) is 17.6. The third-order valence-electron chi connectivity index (χ3n) is 1.78. The van der Waals surface area contributed by atoms with Gasteiger partial charge < -0.3 is 0 Å². The standard InChI is InChI=1S/C8H10.C3H8O2S.C2H6/c1-2-8-6-4-3-5-7-8;1-3-6(2,4)5;1-2/h3-7H,2H2,1H3;3H2,1-2H3;1-2H3. The maximum absolute atomic E-state index is 10.0. The van der Waals surface area contributed by atoms with Gasteiger partial charge in [-0.3, -0.25) is 0 Å². The van der Waals surface area contributed by atoms with Gasteiger partial charge in [0, 0.05) is 12.0 Å². The number of rotatable bonds is 2. The smallest absolute Gasteiger partial charge is 0.147 e. The molecule has 1 rings (SSSR count). The van der Waals surface area contributed by atoms with E-state index >= 15 is 0 Å². The molecule has 0 atom stereocenters. The second-order valence-corrected chi connectivity index (χ2v) is 5.48. The van der Waals surface area contributed by atoms with E-state index in [0.29, 0.717) is 0 Å². The van der Waals surface area contributed by atoms with Crippen LogP contribution in [0, 0.1) is 0 Å². The summed E-state index contributed by atoms with van der Waals surface area (Å²) in [4.78, 5) is 0. The van der Waals surface area contributed by atoms with Crippen molar-refractivity contribution < 1.29 is 8.42 Å². The zero-order chi connectivity index (χ0) is 13.0. The molecule has 1 aromatic rings. The van der Waals surface area contributed by atoms with Crippen LogP contribution in [-0.2, 0) is 16.3 Å².